The summed E-state index contributed by atoms with van der Waals surface area (Å²) in [5, 5.41) is 2.36. The molecule has 0 spiro atoms. The molecule has 0 saturated carbocycles. The largest absolute Gasteiger partial charge is 0.464 e. The fourth-order valence-electron chi connectivity index (χ4n) is 2.97. The number of ether oxygens (including phenoxy) is 2. The number of amides is 1. The minimum absolute atomic E-state index is 0.0453. The van der Waals surface area contributed by atoms with E-state index in [0.717, 1.165) is 12.8 Å². The second-order valence-corrected chi connectivity index (χ2v) is 7.79. The highest BCUT2D eigenvalue weighted by Crippen LogP contribution is 2.17. The zero-order valence-electron chi connectivity index (χ0n) is 17.5. The highest BCUT2D eigenvalue weighted by Gasteiger charge is 2.19. The quantitative estimate of drug-likeness (QED) is 0.379. The molecule has 1 heterocycles. The molecule has 7 heteroatoms. The van der Waals surface area contributed by atoms with Crippen molar-refractivity contribution >= 4 is 23.2 Å². The number of hydrogen-bond donors (Lipinski definition) is 0. The van der Waals surface area contributed by atoms with Crippen LogP contribution in [-0.4, -0.2) is 49.1 Å². The van der Waals surface area contributed by atoms with Crippen LogP contribution in [0.15, 0.2) is 29.6 Å². The average Bonchev–Trinajstić information content (AvgIpc) is 3.21. The summed E-state index contributed by atoms with van der Waals surface area (Å²) in [5.74, 6) is -0.514. The predicted molar refractivity (Wildman–Crippen MR) is 114 cm³/mol. The van der Waals surface area contributed by atoms with Crippen molar-refractivity contribution in [3.63, 3.8) is 0 Å². The lowest BCUT2D eigenvalue weighted by Crippen LogP contribution is -2.32. The summed E-state index contributed by atoms with van der Waals surface area (Å²) in [6.07, 6.45) is 5.35. The van der Waals surface area contributed by atoms with Crippen molar-refractivity contribution in [3.05, 3.63) is 51.5 Å². The Bertz CT molecular complexity index is 773. The first kappa shape index (κ1) is 23.0. The zero-order chi connectivity index (χ0) is 21.1. The van der Waals surface area contributed by atoms with Gasteiger partial charge in [0.15, 0.2) is 5.69 Å². The number of nitrogens with zero attached hydrogens (tertiary/aromatic N) is 2. The van der Waals surface area contributed by atoms with Crippen LogP contribution in [0.4, 0.5) is 0 Å². The summed E-state index contributed by atoms with van der Waals surface area (Å²) < 4.78 is 9.83. The minimum Gasteiger partial charge on any atom is -0.464 e. The fraction of sp³-hybridized carbons (Fsp3) is 0.500. The molecular formula is C22H30N2O4S. The molecule has 1 aromatic carbocycles. The van der Waals surface area contributed by atoms with E-state index in [0.29, 0.717) is 30.3 Å². The van der Waals surface area contributed by atoms with E-state index < -0.39 is 5.97 Å². The molecule has 0 aliphatic heterocycles. The van der Waals surface area contributed by atoms with Gasteiger partial charge in [-0.05, 0) is 37.0 Å². The smallest absolute Gasteiger partial charge is 0.357 e. The normalized spacial score (nSPS) is 10.7. The van der Waals surface area contributed by atoms with Crippen molar-refractivity contribution in [2.45, 2.75) is 45.6 Å². The number of esters is 1. The van der Waals surface area contributed by atoms with Crippen molar-refractivity contribution in [2.75, 3.05) is 27.4 Å². The van der Waals surface area contributed by atoms with Gasteiger partial charge in [-0.2, -0.15) is 0 Å². The molecule has 0 atom stereocenters. The molecule has 0 N–H and O–H groups in total. The van der Waals surface area contributed by atoms with Gasteiger partial charge >= 0.3 is 5.97 Å². The Morgan fingerprint density at radius 1 is 1.10 bits per heavy atom. The zero-order valence-corrected chi connectivity index (χ0v) is 18.3. The Morgan fingerprint density at radius 3 is 2.52 bits per heavy atom. The van der Waals surface area contributed by atoms with Crippen molar-refractivity contribution in [2.24, 2.45) is 0 Å². The molecule has 2 aromatic rings. The summed E-state index contributed by atoms with van der Waals surface area (Å²) in [7, 11) is 2.97. The van der Waals surface area contributed by atoms with E-state index in [9.17, 15) is 9.59 Å². The van der Waals surface area contributed by atoms with Crippen LogP contribution in [0.2, 0.25) is 0 Å². The van der Waals surface area contributed by atoms with Crippen LogP contribution < -0.4 is 0 Å². The van der Waals surface area contributed by atoms with Gasteiger partial charge in [-0.3, -0.25) is 4.79 Å². The second-order valence-electron chi connectivity index (χ2n) is 6.85. The molecule has 0 aliphatic rings. The predicted octanol–water partition coefficient (Wildman–Crippen LogP) is 4.34. The SMILES string of the molecule is CCCCCc1ccc(C(=O)N(CCCOC)Cc2nc(C(=O)OC)cs2)cc1. The monoisotopic (exact) mass is 418 g/mol. The number of aromatic nitrogens is 1. The third-order valence-corrected chi connectivity index (χ3v) is 5.44. The van der Waals surface area contributed by atoms with Gasteiger partial charge in [0.2, 0.25) is 0 Å². The number of methoxy groups -OCH3 is 2. The lowest BCUT2D eigenvalue weighted by atomic mass is 10.0. The van der Waals surface area contributed by atoms with Gasteiger partial charge < -0.3 is 14.4 Å². The Kier molecular flexibility index (Phi) is 9.80. The van der Waals surface area contributed by atoms with Gasteiger partial charge in [-0.25, -0.2) is 9.78 Å². The summed E-state index contributed by atoms with van der Waals surface area (Å²) in [6.45, 7) is 3.67. The third kappa shape index (κ3) is 7.25. The highest BCUT2D eigenvalue weighted by atomic mass is 32.1. The summed E-state index contributed by atoms with van der Waals surface area (Å²) >= 11 is 1.35. The molecule has 0 saturated heterocycles. The first-order chi connectivity index (χ1) is 14.1. The summed E-state index contributed by atoms with van der Waals surface area (Å²) in [5.41, 5.74) is 2.18. The van der Waals surface area contributed by atoms with Gasteiger partial charge in [-0.15, -0.1) is 11.3 Å². The van der Waals surface area contributed by atoms with Gasteiger partial charge in [0, 0.05) is 31.2 Å². The van der Waals surface area contributed by atoms with Crippen molar-refractivity contribution < 1.29 is 19.1 Å². The van der Waals surface area contributed by atoms with Crippen LogP contribution in [-0.2, 0) is 22.4 Å². The number of aryl methyl sites for hydroxylation is 1. The molecule has 6 nitrogen and oxygen atoms in total. The summed E-state index contributed by atoms with van der Waals surface area (Å²) in [4.78, 5) is 30.8. The number of unbranched alkanes of at least 4 members (excludes halogenated alkanes) is 2. The molecule has 0 aliphatic carbocycles. The van der Waals surface area contributed by atoms with E-state index in [4.69, 9.17) is 9.47 Å². The molecule has 158 valence electrons. The van der Waals surface area contributed by atoms with Crippen molar-refractivity contribution in [1.82, 2.24) is 9.88 Å². The molecule has 1 aromatic heterocycles. The topological polar surface area (TPSA) is 68.7 Å². The molecule has 0 fully saturated rings. The number of benzene rings is 1. The van der Waals surface area contributed by atoms with Crippen LogP contribution >= 0.6 is 11.3 Å². The Balaban J connectivity index is 2.08. The maximum Gasteiger partial charge on any atom is 0.357 e. The second kappa shape index (κ2) is 12.3. The Hall–Kier alpha value is -2.25. The minimum atomic E-state index is -0.469. The molecular weight excluding hydrogens is 388 g/mol. The van der Waals surface area contributed by atoms with Crippen LogP contribution in [0, 0.1) is 0 Å². The molecule has 1 amide bonds. The van der Waals surface area contributed by atoms with Gasteiger partial charge in [-0.1, -0.05) is 31.9 Å². The fourth-order valence-corrected chi connectivity index (χ4v) is 3.75. The van der Waals surface area contributed by atoms with E-state index in [1.165, 1.54) is 43.3 Å². The number of rotatable bonds is 12. The molecule has 29 heavy (non-hydrogen) atoms. The van der Waals surface area contributed by atoms with Crippen molar-refractivity contribution in [1.29, 1.82) is 0 Å². The Morgan fingerprint density at radius 2 is 1.86 bits per heavy atom. The standard InChI is InChI=1S/C22H30N2O4S/c1-4-5-6-8-17-9-11-18(12-10-17)21(25)24(13-7-14-27-2)15-20-23-19(16-29-20)22(26)28-3/h9-12,16H,4-8,13-15H2,1-3H3. The first-order valence-corrected chi connectivity index (χ1v) is 10.9. The number of carbonyl (C=O) groups excluding carboxylic acids is 2. The van der Waals surface area contributed by atoms with Crippen LogP contribution in [0.3, 0.4) is 0 Å². The van der Waals surface area contributed by atoms with Crippen LogP contribution in [0.1, 0.15) is 64.0 Å². The third-order valence-electron chi connectivity index (χ3n) is 4.61. The van der Waals surface area contributed by atoms with Crippen LogP contribution in [0.25, 0.3) is 0 Å². The summed E-state index contributed by atoms with van der Waals surface area (Å²) in [6, 6.07) is 7.87. The van der Waals surface area contributed by atoms with Crippen molar-refractivity contribution in [3.8, 4) is 0 Å². The van der Waals surface area contributed by atoms with Gasteiger partial charge in [0.1, 0.15) is 5.01 Å². The lowest BCUT2D eigenvalue weighted by Gasteiger charge is -2.22. The first-order valence-electron chi connectivity index (χ1n) is 9.98. The van der Waals surface area contributed by atoms with E-state index in [1.54, 1.807) is 17.4 Å². The lowest BCUT2D eigenvalue weighted by molar-refractivity contribution is 0.0594. The maximum absolute atomic E-state index is 13.1. The highest BCUT2D eigenvalue weighted by molar-refractivity contribution is 7.09. The van der Waals surface area contributed by atoms with E-state index in [1.807, 2.05) is 24.3 Å². The van der Waals surface area contributed by atoms with E-state index in [-0.39, 0.29) is 11.6 Å². The molecule has 0 radical (unpaired) electrons. The number of hydrogen-bond acceptors (Lipinski definition) is 6. The Labute approximate surface area is 176 Å². The van der Waals surface area contributed by atoms with E-state index in [2.05, 4.69) is 11.9 Å². The maximum atomic E-state index is 13.1. The molecule has 0 bridgehead atoms. The van der Waals surface area contributed by atoms with Gasteiger partial charge in [0.05, 0.1) is 13.7 Å². The van der Waals surface area contributed by atoms with Gasteiger partial charge in [0.25, 0.3) is 5.91 Å². The molecule has 0 unspecified atom stereocenters. The average molecular weight is 419 g/mol. The molecule has 2 rings (SSSR count). The van der Waals surface area contributed by atoms with E-state index >= 15 is 0 Å². The van der Waals surface area contributed by atoms with Crippen LogP contribution in [0.5, 0.6) is 0 Å². The number of carbonyl (C=O) groups is 2. The number of thiazole rings is 1.